The lowest BCUT2D eigenvalue weighted by Gasteiger charge is -2.25. The number of benzene rings is 2. The number of rotatable bonds is 1. The Balaban J connectivity index is 2.45. The molecule has 0 atom stereocenters. The third-order valence-corrected chi connectivity index (χ3v) is 4.74. The zero-order valence-electron chi connectivity index (χ0n) is 13.1. The molecule has 0 amide bonds. The molecule has 0 spiro atoms. The molecule has 3 N–H and O–H groups in total. The van der Waals surface area contributed by atoms with Gasteiger partial charge < -0.3 is 15.5 Å². The summed E-state index contributed by atoms with van der Waals surface area (Å²) >= 11 is 0. The van der Waals surface area contributed by atoms with E-state index in [2.05, 4.69) is 26.1 Å². The Morgan fingerprint density at radius 3 is 2.29 bits per heavy atom. The normalized spacial score (nSPS) is 14.7. The van der Waals surface area contributed by atoms with Crippen molar-refractivity contribution in [2.75, 3.05) is 12.4 Å². The summed E-state index contributed by atoms with van der Waals surface area (Å²) in [5.41, 5.74) is 6.77. The van der Waals surface area contributed by atoms with Crippen LogP contribution >= 0.6 is 0 Å². The summed E-state index contributed by atoms with van der Waals surface area (Å²) in [6.45, 7) is 8.23. The number of hydrogen-bond donors (Lipinski definition) is 3. The number of aryl methyl sites for hydroxylation is 1. The van der Waals surface area contributed by atoms with Gasteiger partial charge in [0, 0.05) is 29.8 Å². The van der Waals surface area contributed by atoms with Gasteiger partial charge in [-0.1, -0.05) is 13.8 Å². The molecule has 0 bridgehead atoms. The van der Waals surface area contributed by atoms with Gasteiger partial charge >= 0.3 is 0 Å². The Hall–Kier alpha value is -2.16. The Kier molecular flexibility index (Phi) is 2.74. The Bertz CT molecular complexity index is 761. The maximum Gasteiger partial charge on any atom is 0.125 e. The standard InChI is InChI=1S/C18H21NO2/c1-9-6-11-12(7-14(9)20)18(3,4)17-10(2)13(19-5)8-15(21)16(11)17/h6-8,19-21H,1-5H3. The Labute approximate surface area is 125 Å². The van der Waals surface area contributed by atoms with E-state index in [0.717, 1.165) is 39.1 Å². The summed E-state index contributed by atoms with van der Waals surface area (Å²) in [5, 5.41) is 23.7. The summed E-state index contributed by atoms with van der Waals surface area (Å²) < 4.78 is 0. The number of fused-ring (bicyclic) bond motifs is 3. The lowest BCUT2D eigenvalue weighted by Crippen LogP contribution is -2.17. The van der Waals surface area contributed by atoms with E-state index >= 15 is 0 Å². The van der Waals surface area contributed by atoms with Crippen LogP contribution in [0.1, 0.15) is 36.1 Å². The van der Waals surface area contributed by atoms with Crippen LogP contribution in [0.2, 0.25) is 0 Å². The van der Waals surface area contributed by atoms with E-state index in [-0.39, 0.29) is 11.2 Å². The highest BCUT2D eigenvalue weighted by molar-refractivity contribution is 5.89. The molecule has 110 valence electrons. The van der Waals surface area contributed by atoms with Crippen molar-refractivity contribution in [2.45, 2.75) is 33.1 Å². The van der Waals surface area contributed by atoms with Crippen LogP contribution in [-0.4, -0.2) is 17.3 Å². The summed E-state index contributed by atoms with van der Waals surface area (Å²) in [4.78, 5) is 0. The molecule has 0 saturated heterocycles. The fourth-order valence-electron chi connectivity index (χ4n) is 3.64. The minimum Gasteiger partial charge on any atom is -0.508 e. The number of anilines is 1. The molecule has 0 fully saturated rings. The third-order valence-electron chi connectivity index (χ3n) is 4.74. The summed E-state index contributed by atoms with van der Waals surface area (Å²) in [6.07, 6.45) is 0. The average Bonchev–Trinajstić information content (AvgIpc) is 2.64. The molecule has 3 nitrogen and oxygen atoms in total. The molecule has 0 aromatic heterocycles. The topological polar surface area (TPSA) is 52.5 Å². The van der Waals surface area contributed by atoms with E-state index in [9.17, 15) is 10.2 Å². The Morgan fingerprint density at radius 2 is 1.67 bits per heavy atom. The second-order valence-corrected chi connectivity index (χ2v) is 6.38. The maximum atomic E-state index is 10.5. The summed E-state index contributed by atoms with van der Waals surface area (Å²) in [5.74, 6) is 0.595. The first kappa shape index (κ1) is 13.8. The van der Waals surface area contributed by atoms with Crippen LogP contribution in [0.4, 0.5) is 5.69 Å². The van der Waals surface area contributed by atoms with Crippen molar-refractivity contribution in [2.24, 2.45) is 0 Å². The molecule has 1 aliphatic carbocycles. The zero-order valence-corrected chi connectivity index (χ0v) is 13.1. The zero-order chi connectivity index (χ0) is 15.5. The van der Waals surface area contributed by atoms with E-state index in [4.69, 9.17) is 0 Å². The highest BCUT2D eigenvalue weighted by atomic mass is 16.3. The molecule has 0 saturated carbocycles. The van der Waals surface area contributed by atoms with Gasteiger partial charge in [0.15, 0.2) is 0 Å². The van der Waals surface area contributed by atoms with Gasteiger partial charge in [0.1, 0.15) is 11.5 Å². The van der Waals surface area contributed by atoms with Gasteiger partial charge in [-0.25, -0.2) is 0 Å². The molecular weight excluding hydrogens is 262 g/mol. The molecule has 3 heteroatoms. The van der Waals surface area contributed by atoms with Crippen LogP contribution in [0.25, 0.3) is 11.1 Å². The van der Waals surface area contributed by atoms with Crippen LogP contribution < -0.4 is 5.32 Å². The van der Waals surface area contributed by atoms with Crippen LogP contribution in [0, 0.1) is 13.8 Å². The first-order valence-corrected chi connectivity index (χ1v) is 7.18. The molecule has 21 heavy (non-hydrogen) atoms. The number of hydrogen-bond acceptors (Lipinski definition) is 3. The maximum absolute atomic E-state index is 10.5. The fourth-order valence-corrected chi connectivity index (χ4v) is 3.64. The molecule has 0 radical (unpaired) electrons. The fraction of sp³-hybridized carbons (Fsp3) is 0.333. The van der Waals surface area contributed by atoms with E-state index in [1.807, 2.05) is 26.1 Å². The van der Waals surface area contributed by atoms with Gasteiger partial charge in [0.25, 0.3) is 0 Å². The molecule has 0 unspecified atom stereocenters. The van der Waals surface area contributed by atoms with E-state index in [1.54, 1.807) is 6.07 Å². The number of phenols is 2. The van der Waals surface area contributed by atoms with E-state index in [1.165, 1.54) is 0 Å². The predicted molar refractivity (Wildman–Crippen MR) is 86.4 cm³/mol. The molecule has 0 aliphatic heterocycles. The highest BCUT2D eigenvalue weighted by Crippen LogP contribution is 2.55. The molecule has 2 aromatic carbocycles. The van der Waals surface area contributed by atoms with Crippen molar-refractivity contribution in [3.05, 3.63) is 40.5 Å². The molecule has 0 heterocycles. The molecule has 3 rings (SSSR count). The van der Waals surface area contributed by atoms with Gasteiger partial charge in [0.05, 0.1) is 0 Å². The number of nitrogens with one attached hydrogen (secondary N) is 1. The quantitative estimate of drug-likeness (QED) is 0.739. The minimum absolute atomic E-state index is 0.246. The first-order chi connectivity index (χ1) is 9.78. The monoisotopic (exact) mass is 283 g/mol. The molecule has 2 aromatic rings. The van der Waals surface area contributed by atoms with Gasteiger partial charge in [-0.3, -0.25) is 0 Å². The van der Waals surface area contributed by atoms with E-state index < -0.39 is 0 Å². The lowest BCUT2D eigenvalue weighted by atomic mass is 9.80. The van der Waals surface area contributed by atoms with Crippen molar-refractivity contribution in [3.63, 3.8) is 0 Å². The summed E-state index contributed by atoms with van der Waals surface area (Å²) in [7, 11) is 1.86. The van der Waals surface area contributed by atoms with Crippen molar-refractivity contribution in [3.8, 4) is 22.6 Å². The predicted octanol–water partition coefficient (Wildman–Crippen LogP) is 4.06. The minimum atomic E-state index is -0.246. The number of phenolic OH excluding ortho intramolecular Hbond substituents is 2. The first-order valence-electron chi connectivity index (χ1n) is 7.18. The van der Waals surface area contributed by atoms with Gasteiger partial charge in [-0.05, 0) is 53.8 Å². The molecular formula is C18H21NO2. The second kappa shape index (κ2) is 4.17. The SMILES string of the molecule is CNc1cc(O)c2c(c1C)C(C)(C)c1cc(O)c(C)cc1-2. The average molecular weight is 283 g/mol. The third kappa shape index (κ3) is 1.67. The Morgan fingerprint density at radius 1 is 1.00 bits per heavy atom. The van der Waals surface area contributed by atoms with Crippen molar-refractivity contribution in [1.82, 2.24) is 0 Å². The van der Waals surface area contributed by atoms with Gasteiger partial charge in [-0.2, -0.15) is 0 Å². The van der Waals surface area contributed by atoms with Crippen molar-refractivity contribution in [1.29, 1.82) is 0 Å². The van der Waals surface area contributed by atoms with Crippen LogP contribution in [-0.2, 0) is 5.41 Å². The van der Waals surface area contributed by atoms with Crippen LogP contribution in [0.3, 0.4) is 0 Å². The highest BCUT2D eigenvalue weighted by Gasteiger charge is 2.39. The van der Waals surface area contributed by atoms with Gasteiger partial charge in [0.2, 0.25) is 0 Å². The van der Waals surface area contributed by atoms with Crippen LogP contribution in [0.15, 0.2) is 18.2 Å². The summed E-state index contributed by atoms with van der Waals surface area (Å²) in [6, 6.07) is 5.58. The smallest absolute Gasteiger partial charge is 0.125 e. The second-order valence-electron chi connectivity index (χ2n) is 6.38. The van der Waals surface area contributed by atoms with Crippen LogP contribution in [0.5, 0.6) is 11.5 Å². The van der Waals surface area contributed by atoms with Crippen molar-refractivity contribution >= 4 is 5.69 Å². The lowest BCUT2D eigenvalue weighted by molar-refractivity contribution is 0.469. The van der Waals surface area contributed by atoms with Gasteiger partial charge in [-0.15, -0.1) is 0 Å². The van der Waals surface area contributed by atoms with E-state index in [0.29, 0.717) is 5.75 Å². The number of aromatic hydroxyl groups is 2. The molecule has 1 aliphatic rings. The largest absolute Gasteiger partial charge is 0.508 e. The van der Waals surface area contributed by atoms with Crippen molar-refractivity contribution < 1.29 is 10.2 Å².